The highest BCUT2D eigenvalue weighted by molar-refractivity contribution is 6.04. The summed E-state index contributed by atoms with van der Waals surface area (Å²) in [5.74, 6) is -1.84. The first-order valence-corrected chi connectivity index (χ1v) is 10.3. The Bertz CT molecular complexity index is 1300. The van der Waals surface area contributed by atoms with Gasteiger partial charge in [0.1, 0.15) is 18.2 Å². The molecule has 0 fully saturated rings. The van der Waals surface area contributed by atoms with E-state index in [1.165, 1.54) is 6.07 Å². The molecule has 33 heavy (non-hydrogen) atoms. The summed E-state index contributed by atoms with van der Waals surface area (Å²) in [4.78, 5) is 13.0. The molecule has 2 heterocycles. The number of rotatable bonds is 7. The van der Waals surface area contributed by atoms with Crippen LogP contribution in [0.3, 0.4) is 0 Å². The molecular weight excluding hydrogens is 430 g/mol. The van der Waals surface area contributed by atoms with Crippen molar-refractivity contribution in [3.63, 3.8) is 0 Å². The number of hydrogen-bond acceptors (Lipinski definition) is 5. The lowest BCUT2D eigenvalue weighted by molar-refractivity contribution is 0.101. The molecule has 0 saturated heterocycles. The maximum Gasteiger partial charge on any atom is 0.278 e. The molecule has 1 N–H and O–H groups in total. The Labute approximate surface area is 189 Å². The highest BCUT2D eigenvalue weighted by Crippen LogP contribution is 2.24. The fraction of sp³-hybridized carbons (Fsp3) is 0.208. The largest absolute Gasteiger partial charge is 0.486 e. The molecular formula is C24H22F2N4O3. The molecule has 0 bridgehead atoms. The van der Waals surface area contributed by atoms with Crippen molar-refractivity contribution in [3.05, 3.63) is 94.1 Å². The van der Waals surface area contributed by atoms with E-state index in [9.17, 15) is 13.6 Å². The number of amides is 1. The molecule has 0 aliphatic carbocycles. The van der Waals surface area contributed by atoms with Gasteiger partial charge in [0.2, 0.25) is 0 Å². The standard InChI is InChI=1S/C24H22F2N4O3/c1-14-22(15(2)30(28-14)12-17-7-5-4-6-8-17)27-24(31)23-19(16(3)33-29-23)13-32-21-10-9-18(25)11-20(21)26/h4-11H,12-13H2,1-3H3,(H,27,31). The molecule has 0 saturated carbocycles. The van der Waals surface area contributed by atoms with Crippen LogP contribution in [0, 0.1) is 32.4 Å². The SMILES string of the molecule is Cc1nn(Cc2ccccc2)c(C)c1NC(=O)c1noc(C)c1COc1ccc(F)cc1F. The van der Waals surface area contributed by atoms with Gasteiger partial charge in [-0.05, 0) is 38.5 Å². The van der Waals surface area contributed by atoms with Crippen molar-refractivity contribution < 1.29 is 22.8 Å². The molecule has 9 heteroatoms. The molecule has 0 aliphatic rings. The predicted molar refractivity (Wildman–Crippen MR) is 117 cm³/mol. The predicted octanol–water partition coefficient (Wildman–Crippen LogP) is 4.95. The Morgan fingerprint density at radius 2 is 1.88 bits per heavy atom. The zero-order valence-electron chi connectivity index (χ0n) is 18.4. The van der Waals surface area contributed by atoms with Crippen LogP contribution in [0.4, 0.5) is 14.5 Å². The molecule has 1 amide bonds. The lowest BCUT2D eigenvalue weighted by Crippen LogP contribution is -2.16. The molecule has 0 unspecified atom stereocenters. The molecule has 170 valence electrons. The second-order valence-electron chi connectivity index (χ2n) is 7.57. The van der Waals surface area contributed by atoms with Gasteiger partial charge < -0.3 is 14.6 Å². The number of aromatic nitrogens is 3. The number of nitrogens with one attached hydrogen (secondary N) is 1. The van der Waals surface area contributed by atoms with E-state index in [-0.39, 0.29) is 18.1 Å². The second kappa shape index (κ2) is 9.23. The van der Waals surface area contributed by atoms with Crippen LogP contribution in [0.1, 0.15) is 38.8 Å². The van der Waals surface area contributed by atoms with Gasteiger partial charge in [0.25, 0.3) is 5.91 Å². The van der Waals surface area contributed by atoms with E-state index < -0.39 is 17.5 Å². The molecule has 0 atom stereocenters. The number of carbonyl (C=O) groups excluding carboxylic acids is 1. The lowest BCUT2D eigenvalue weighted by atomic mass is 10.2. The summed E-state index contributed by atoms with van der Waals surface area (Å²) < 4.78 is 39.4. The topological polar surface area (TPSA) is 82.2 Å². The summed E-state index contributed by atoms with van der Waals surface area (Å²) in [7, 11) is 0. The smallest absolute Gasteiger partial charge is 0.278 e. The van der Waals surface area contributed by atoms with Crippen LogP contribution in [-0.4, -0.2) is 20.8 Å². The zero-order valence-corrected chi connectivity index (χ0v) is 18.4. The molecule has 4 aromatic rings. The van der Waals surface area contributed by atoms with E-state index >= 15 is 0 Å². The molecule has 7 nitrogen and oxygen atoms in total. The fourth-order valence-electron chi connectivity index (χ4n) is 3.44. The minimum Gasteiger partial charge on any atom is -0.486 e. The van der Waals surface area contributed by atoms with E-state index in [1.54, 1.807) is 13.8 Å². The molecule has 2 aromatic carbocycles. The lowest BCUT2D eigenvalue weighted by Gasteiger charge is -2.09. The Balaban J connectivity index is 1.51. The van der Waals surface area contributed by atoms with Gasteiger partial charge in [0.15, 0.2) is 17.3 Å². The van der Waals surface area contributed by atoms with Gasteiger partial charge in [-0.3, -0.25) is 9.48 Å². The number of hydrogen-bond donors (Lipinski definition) is 1. The van der Waals surface area contributed by atoms with Gasteiger partial charge in [-0.15, -0.1) is 0 Å². The highest BCUT2D eigenvalue weighted by atomic mass is 19.1. The van der Waals surface area contributed by atoms with Crippen molar-refractivity contribution in [2.75, 3.05) is 5.32 Å². The average Bonchev–Trinajstić information content (AvgIpc) is 3.28. The first kappa shape index (κ1) is 22.2. The van der Waals surface area contributed by atoms with Crippen LogP contribution in [0.15, 0.2) is 53.1 Å². The third kappa shape index (κ3) is 4.77. The normalized spacial score (nSPS) is 10.9. The van der Waals surface area contributed by atoms with Gasteiger partial charge in [0.05, 0.1) is 29.2 Å². The van der Waals surface area contributed by atoms with Gasteiger partial charge in [-0.1, -0.05) is 35.5 Å². The number of carbonyl (C=O) groups is 1. The van der Waals surface area contributed by atoms with Crippen molar-refractivity contribution >= 4 is 11.6 Å². The quantitative estimate of drug-likeness (QED) is 0.429. The van der Waals surface area contributed by atoms with Crippen molar-refractivity contribution in [1.82, 2.24) is 14.9 Å². The third-order valence-corrected chi connectivity index (χ3v) is 5.26. The van der Waals surface area contributed by atoms with E-state index in [0.717, 1.165) is 23.4 Å². The van der Waals surface area contributed by atoms with Gasteiger partial charge in [0, 0.05) is 6.07 Å². The minimum atomic E-state index is -0.841. The number of nitrogens with zero attached hydrogens (tertiary/aromatic N) is 3. The maximum atomic E-state index is 13.9. The number of ether oxygens (including phenoxy) is 1. The Hall–Kier alpha value is -4.01. The van der Waals surface area contributed by atoms with Crippen molar-refractivity contribution in [1.29, 1.82) is 0 Å². The molecule has 0 aliphatic heterocycles. The molecule has 0 spiro atoms. The van der Waals surface area contributed by atoms with Crippen LogP contribution in [0.2, 0.25) is 0 Å². The van der Waals surface area contributed by atoms with Crippen molar-refractivity contribution in [2.45, 2.75) is 33.9 Å². The van der Waals surface area contributed by atoms with Crippen molar-refractivity contribution in [2.24, 2.45) is 0 Å². The molecule has 4 rings (SSSR count). The minimum absolute atomic E-state index is 0.0182. The summed E-state index contributed by atoms with van der Waals surface area (Å²) >= 11 is 0. The summed E-state index contributed by atoms with van der Waals surface area (Å²) in [5, 5.41) is 11.2. The van der Waals surface area contributed by atoms with Gasteiger partial charge >= 0.3 is 0 Å². The fourth-order valence-corrected chi connectivity index (χ4v) is 3.44. The second-order valence-corrected chi connectivity index (χ2v) is 7.57. The van der Waals surface area contributed by atoms with E-state index in [4.69, 9.17) is 9.26 Å². The highest BCUT2D eigenvalue weighted by Gasteiger charge is 2.23. The van der Waals surface area contributed by atoms with Gasteiger partial charge in [-0.25, -0.2) is 8.78 Å². The third-order valence-electron chi connectivity index (χ3n) is 5.26. The number of anilines is 1. The van der Waals surface area contributed by atoms with Crippen molar-refractivity contribution in [3.8, 4) is 5.75 Å². The zero-order chi connectivity index (χ0) is 23.5. The van der Waals surface area contributed by atoms with Crippen LogP contribution in [-0.2, 0) is 13.2 Å². The number of aryl methyl sites for hydroxylation is 2. The summed E-state index contributed by atoms with van der Waals surface area (Å²) in [6.45, 7) is 5.69. The summed E-state index contributed by atoms with van der Waals surface area (Å²) in [5.41, 5.74) is 3.49. The van der Waals surface area contributed by atoms with Crippen LogP contribution in [0.25, 0.3) is 0 Å². The maximum absolute atomic E-state index is 13.9. The monoisotopic (exact) mass is 452 g/mol. The molecule has 2 aromatic heterocycles. The Morgan fingerprint density at radius 3 is 2.61 bits per heavy atom. The first-order valence-electron chi connectivity index (χ1n) is 10.3. The number of halogens is 2. The van der Waals surface area contributed by atoms with E-state index in [1.807, 2.05) is 41.9 Å². The first-order chi connectivity index (χ1) is 15.8. The Morgan fingerprint density at radius 1 is 1.12 bits per heavy atom. The average molecular weight is 452 g/mol. The summed E-state index contributed by atoms with van der Waals surface area (Å²) in [6, 6.07) is 12.9. The number of benzene rings is 2. The van der Waals surface area contributed by atoms with Gasteiger partial charge in [-0.2, -0.15) is 5.10 Å². The van der Waals surface area contributed by atoms with E-state index in [0.29, 0.717) is 29.2 Å². The molecule has 0 radical (unpaired) electrons. The van der Waals surface area contributed by atoms with Crippen LogP contribution >= 0.6 is 0 Å². The Kier molecular flexibility index (Phi) is 6.21. The van der Waals surface area contributed by atoms with Crippen LogP contribution in [0.5, 0.6) is 5.75 Å². The van der Waals surface area contributed by atoms with E-state index in [2.05, 4.69) is 15.6 Å². The van der Waals surface area contributed by atoms with Crippen LogP contribution < -0.4 is 10.1 Å². The summed E-state index contributed by atoms with van der Waals surface area (Å²) in [6.07, 6.45) is 0.